The van der Waals surface area contributed by atoms with Gasteiger partial charge in [0, 0.05) is 18.7 Å². The van der Waals surface area contributed by atoms with Crippen molar-refractivity contribution in [1.29, 1.82) is 0 Å². The van der Waals surface area contributed by atoms with Gasteiger partial charge in [-0.3, -0.25) is 10.1 Å². The maximum atomic E-state index is 11.7. The fourth-order valence-corrected chi connectivity index (χ4v) is 2.33. The minimum absolute atomic E-state index is 0.0841. The van der Waals surface area contributed by atoms with Gasteiger partial charge in [0.25, 0.3) is 5.91 Å². The number of carbonyl (C=O) groups is 3. The number of hydrogen-bond donors (Lipinski definition) is 3. The predicted molar refractivity (Wildman–Crippen MR) is 78.5 cm³/mol. The number of amides is 5. The van der Waals surface area contributed by atoms with Crippen LogP contribution >= 0.6 is 0 Å². The average molecular weight is 298 g/mol. The summed E-state index contributed by atoms with van der Waals surface area (Å²) in [6.07, 6.45) is 9.21. The first kappa shape index (κ1) is 13.9. The Morgan fingerprint density at radius 1 is 1.23 bits per heavy atom. The quantitative estimate of drug-likeness (QED) is 0.456. The molecule has 0 saturated carbocycles. The van der Waals surface area contributed by atoms with Crippen LogP contribution in [0.3, 0.4) is 0 Å². The highest BCUT2D eigenvalue weighted by Gasteiger charge is 2.27. The molecule has 2 unspecified atom stereocenters. The van der Waals surface area contributed by atoms with E-state index in [1.165, 1.54) is 0 Å². The molecule has 2 fully saturated rings. The highest BCUT2D eigenvalue weighted by molar-refractivity contribution is 6.05. The summed E-state index contributed by atoms with van der Waals surface area (Å²) in [5.74, 6) is 5.12. The topological polar surface area (TPSA) is 90.5 Å². The summed E-state index contributed by atoms with van der Waals surface area (Å²) in [5.41, 5.74) is 0.701. The standard InChI is InChI=1S/C15H14N4O3/c20-13-12(17-14(21)18-13)7-5-10-2-1-3-11(6-4-10)19-9-8-16-15(19)22/h1-4,6,11-12H,8-9H2,(H,16,22)(H2,17,18,20,21). The van der Waals surface area contributed by atoms with E-state index in [1.54, 1.807) is 17.1 Å². The van der Waals surface area contributed by atoms with Crippen LogP contribution in [0.1, 0.15) is 0 Å². The van der Waals surface area contributed by atoms with Gasteiger partial charge >= 0.3 is 12.1 Å². The molecule has 7 nitrogen and oxygen atoms in total. The molecule has 3 N–H and O–H groups in total. The molecule has 3 aliphatic rings. The van der Waals surface area contributed by atoms with E-state index in [-0.39, 0.29) is 12.1 Å². The molecular weight excluding hydrogens is 284 g/mol. The van der Waals surface area contributed by atoms with Crippen molar-refractivity contribution in [3.05, 3.63) is 36.0 Å². The van der Waals surface area contributed by atoms with Gasteiger partial charge in [-0.2, -0.15) is 0 Å². The predicted octanol–water partition coefficient (Wildman–Crippen LogP) is -0.356. The smallest absolute Gasteiger partial charge is 0.322 e. The molecule has 3 rings (SSSR count). The first-order valence-electron chi connectivity index (χ1n) is 6.87. The molecule has 0 aromatic rings. The number of urea groups is 2. The summed E-state index contributed by atoms with van der Waals surface area (Å²) in [6, 6.07) is -1.56. The third-order valence-corrected chi connectivity index (χ3v) is 3.44. The van der Waals surface area contributed by atoms with Gasteiger partial charge in [-0.25, -0.2) is 9.59 Å². The SMILES string of the molecule is O=C1NC(=O)C(C#CC2=CC=CC(N3CCNC3=O)C=C2)N1. The van der Waals surface area contributed by atoms with E-state index in [0.29, 0.717) is 18.7 Å². The van der Waals surface area contributed by atoms with E-state index in [4.69, 9.17) is 0 Å². The second kappa shape index (κ2) is 5.77. The van der Waals surface area contributed by atoms with Crippen LogP contribution in [-0.4, -0.2) is 48.0 Å². The molecule has 2 atom stereocenters. The fraction of sp³-hybridized carbons (Fsp3) is 0.267. The summed E-state index contributed by atoms with van der Waals surface area (Å²) in [5, 5.41) is 7.30. The van der Waals surface area contributed by atoms with E-state index in [0.717, 1.165) is 0 Å². The van der Waals surface area contributed by atoms with Crippen molar-refractivity contribution < 1.29 is 14.4 Å². The number of imide groups is 1. The molecule has 22 heavy (non-hydrogen) atoms. The van der Waals surface area contributed by atoms with Crippen LogP contribution in [0.15, 0.2) is 36.0 Å². The molecule has 1 aliphatic carbocycles. The number of nitrogens with zero attached hydrogens (tertiary/aromatic N) is 1. The van der Waals surface area contributed by atoms with Gasteiger partial charge in [-0.05, 0) is 12.2 Å². The molecule has 112 valence electrons. The Labute approximate surface area is 127 Å². The van der Waals surface area contributed by atoms with Crippen molar-refractivity contribution in [1.82, 2.24) is 20.9 Å². The van der Waals surface area contributed by atoms with E-state index >= 15 is 0 Å². The van der Waals surface area contributed by atoms with Crippen LogP contribution in [0.2, 0.25) is 0 Å². The highest BCUT2D eigenvalue weighted by atomic mass is 16.2. The van der Waals surface area contributed by atoms with Crippen LogP contribution in [-0.2, 0) is 4.79 Å². The van der Waals surface area contributed by atoms with Gasteiger partial charge in [0.1, 0.15) is 0 Å². The van der Waals surface area contributed by atoms with E-state index in [2.05, 4.69) is 27.8 Å². The minimum Gasteiger partial charge on any atom is -0.336 e. The Balaban J connectivity index is 1.69. The summed E-state index contributed by atoms with van der Waals surface area (Å²) in [4.78, 5) is 35.8. The molecular formula is C15H14N4O3. The molecule has 0 radical (unpaired) electrons. The van der Waals surface area contributed by atoms with Crippen molar-refractivity contribution in [2.45, 2.75) is 12.1 Å². The van der Waals surface area contributed by atoms with Crippen molar-refractivity contribution in [2.75, 3.05) is 13.1 Å². The molecule has 7 heteroatoms. The number of nitrogens with one attached hydrogen (secondary N) is 3. The largest absolute Gasteiger partial charge is 0.336 e. The molecule has 0 bridgehead atoms. The molecule has 0 aromatic heterocycles. The van der Waals surface area contributed by atoms with E-state index < -0.39 is 18.0 Å². The molecule has 0 aromatic carbocycles. The van der Waals surface area contributed by atoms with Gasteiger partial charge in [-0.15, -0.1) is 0 Å². The lowest BCUT2D eigenvalue weighted by molar-refractivity contribution is -0.119. The molecule has 2 aliphatic heterocycles. The van der Waals surface area contributed by atoms with Gasteiger partial charge in [0.15, 0.2) is 6.04 Å². The lowest BCUT2D eigenvalue weighted by Gasteiger charge is -2.20. The van der Waals surface area contributed by atoms with Crippen molar-refractivity contribution in [3.8, 4) is 11.8 Å². The fourth-order valence-electron chi connectivity index (χ4n) is 2.33. The Morgan fingerprint density at radius 3 is 2.77 bits per heavy atom. The first-order valence-corrected chi connectivity index (χ1v) is 6.87. The Bertz CT molecular complexity index is 681. The van der Waals surface area contributed by atoms with Gasteiger partial charge in [0.05, 0.1) is 6.04 Å². The molecule has 2 heterocycles. The van der Waals surface area contributed by atoms with E-state index in [1.807, 2.05) is 18.2 Å². The van der Waals surface area contributed by atoms with Crippen molar-refractivity contribution in [2.24, 2.45) is 0 Å². The van der Waals surface area contributed by atoms with E-state index in [9.17, 15) is 14.4 Å². The Morgan fingerprint density at radius 2 is 2.09 bits per heavy atom. The van der Waals surface area contributed by atoms with Crippen LogP contribution < -0.4 is 16.0 Å². The Kier molecular flexibility index (Phi) is 3.66. The van der Waals surface area contributed by atoms with Crippen LogP contribution in [0.25, 0.3) is 0 Å². The zero-order valence-electron chi connectivity index (χ0n) is 11.6. The molecule has 2 saturated heterocycles. The first-order chi connectivity index (χ1) is 10.6. The van der Waals surface area contributed by atoms with Gasteiger partial charge in [-0.1, -0.05) is 30.1 Å². The van der Waals surface area contributed by atoms with Gasteiger partial charge in [0.2, 0.25) is 0 Å². The van der Waals surface area contributed by atoms with Gasteiger partial charge < -0.3 is 15.5 Å². The van der Waals surface area contributed by atoms with Crippen molar-refractivity contribution in [3.63, 3.8) is 0 Å². The summed E-state index contributed by atoms with van der Waals surface area (Å²) in [7, 11) is 0. The number of carbonyl (C=O) groups excluding carboxylic acids is 3. The third-order valence-electron chi connectivity index (χ3n) is 3.44. The number of rotatable bonds is 1. The molecule has 0 spiro atoms. The summed E-state index contributed by atoms with van der Waals surface area (Å²) >= 11 is 0. The lowest BCUT2D eigenvalue weighted by Crippen LogP contribution is -2.35. The summed E-state index contributed by atoms with van der Waals surface area (Å²) in [6.45, 7) is 1.31. The maximum Gasteiger partial charge on any atom is 0.322 e. The van der Waals surface area contributed by atoms with Crippen LogP contribution in [0, 0.1) is 11.8 Å². The van der Waals surface area contributed by atoms with Crippen LogP contribution in [0.4, 0.5) is 9.59 Å². The number of allylic oxidation sites excluding steroid dienone is 4. The lowest BCUT2D eigenvalue weighted by atomic mass is 10.2. The second-order valence-corrected chi connectivity index (χ2v) is 4.95. The second-order valence-electron chi connectivity index (χ2n) is 4.95. The van der Waals surface area contributed by atoms with Crippen LogP contribution in [0.5, 0.6) is 0 Å². The van der Waals surface area contributed by atoms with Crippen molar-refractivity contribution >= 4 is 18.0 Å². The number of hydrogen-bond acceptors (Lipinski definition) is 3. The normalized spacial score (nSPS) is 26.6. The third kappa shape index (κ3) is 2.86. The monoisotopic (exact) mass is 298 g/mol. The highest BCUT2D eigenvalue weighted by Crippen LogP contribution is 2.12. The summed E-state index contributed by atoms with van der Waals surface area (Å²) < 4.78 is 0. The minimum atomic E-state index is -0.825. The average Bonchev–Trinajstić information content (AvgIpc) is 2.95. The maximum absolute atomic E-state index is 11.7. The zero-order chi connectivity index (χ0) is 15.5. The Hall–Kier alpha value is -3.01. The molecule has 5 amide bonds. The zero-order valence-corrected chi connectivity index (χ0v) is 11.6.